The molecule has 2 amide bonds. The number of rotatable bonds is 5. The van der Waals surface area contributed by atoms with Crippen LogP contribution in [0.25, 0.3) is 0 Å². The second-order valence-electron chi connectivity index (χ2n) is 7.88. The Hall–Kier alpha value is -1.84. The number of benzene rings is 1. The topological polar surface area (TPSA) is 49.4 Å². The maximum absolute atomic E-state index is 12.4. The number of nitrogens with zero attached hydrogens (tertiary/aromatic N) is 1. The van der Waals surface area contributed by atoms with Gasteiger partial charge in [-0.25, -0.2) is 0 Å². The molecule has 1 aromatic rings. The van der Waals surface area contributed by atoms with Crippen molar-refractivity contribution in [1.29, 1.82) is 0 Å². The first-order valence-electron chi connectivity index (χ1n) is 8.19. The molecule has 1 aromatic carbocycles. The first-order chi connectivity index (χ1) is 10.5. The molecular formula is C19H30N2O2. The van der Waals surface area contributed by atoms with Crippen LogP contribution >= 0.6 is 0 Å². The summed E-state index contributed by atoms with van der Waals surface area (Å²) >= 11 is 0. The number of amides is 2. The number of hydrogen-bond donors (Lipinski definition) is 1. The van der Waals surface area contributed by atoms with Gasteiger partial charge in [-0.15, -0.1) is 0 Å². The van der Waals surface area contributed by atoms with Crippen LogP contribution in [-0.4, -0.2) is 28.8 Å². The summed E-state index contributed by atoms with van der Waals surface area (Å²) in [6.45, 7) is 13.1. The van der Waals surface area contributed by atoms with Crippen molar-refractivity contribution in [1.82, 2.24) is 10.2 Å². The van der Waals surface area contributed by atoms with E-state index >= 15 is 0 Å². The fourth-order valence-electron chi connectivity index (χ4n) is 3.01. The van der Waals surface area contributed by atoms with Gasteiger partial charge in [0.05, 0.1) is 0 Å². The molecule has 128 valence electrons. The van der Waals surface area contributed by atoms with Crippen molar-refractivity contribution in [3.8, 4) is 0 Å². The van der Waals surface area contributed by atoms with Crippen molar-refractivity contribution in [2.75, 3.05) is 6.54 Å². The number of carbonyl (C=O) groups is 2. The van der Waals surface area contributed by atoms with Crippen LogP contribution in [0.2, 0.25) is 0 Å². The summed E-state index contributed by atoms with van der Waals surface area (Å²) in [7, 11) is 0. The molecule has 0 saturated carbocycles. The summed E-state index contributed by atoms with van der Waals surface area (Å²) in [6, 6.07) is 9.71. The summed E-state index contributed by atoms with van der Waals surface area (Å²) < 4.78 is 0. The first-order valence-corrected chi connectivity index (χ1v) is 8.19. The van der Waals surface area contributed by atoms with Gasteiger partial charge in [0.25, 0.3) is 0 Å². The lowest BCUT2D eigenvalue weighted by Gasteiger charge is -2.33. The van der Waals surface area contributed by atoms with Gasteiger partial charge in [0.2, 0.25) is 0 Å². The zero-order valence-electron chi connectivity index (χ0n) is 15.3. The lowest BCUT2D eigenvalue weighted by atomic mass is 9.82. The van der Waals surface area contributed by atoms with Gasteiger partial charge in [-0.05, 0) is 38.2 Å². The van der Waals surface area contributed by atoms with E-state index in [0.29, 0.717) is 13.1 Å². The van der Waals surface area contributed by atoms with Gasteiger partial charge in [0, 0.05) is 18.6 Å². The van der Waals surface area contributed by atoms with E-state index in [2.05, 4.69) is 26.1 Å². The zero-order chi connectivity index (χ0) is 17.7. The maximum Gasteiger partial charge on any atom is 0.312 e. The Labute approximate surface area is 140 Å². The minimum absolute atomic E-state index is 0.0777. The SMILES string of the molecule is CCN(Cc1ccccc1)C(=O)C(=O)NC(C)(C)CC(C)(C)C. The van der Waals surface area contributed by atoms with Crippen LogP contribution in [0.1, 0.15) is 53.5 Å². The quantitative estimate of drug-likeness (QED) is 0.846. The molecule has 0 aliphatic carbocycles. The van der Waals surface area contributed by atoms with Crippen molar-refractivity contribution in [3.05, 3.63) is 35.9 Å². The molecule has 1 rings (SSSR count). The summed E-state index contributed by atoms with van der Waals surface area (Å²) in [4.78, 5) is 26.3. The number of carbonyl (C=O) groups excluding carboxylic acids is 2. The van der Waals surface area contributed by atoms with E-state index in [1.54, 1.807) is 4.90 Å². The minimum Gasteiger partial charge on any atom is -0.343 e. The molecule has 0 aliphatic rings. The third-order valence-electron chi connectivity index (χ3n) is 3.50. The minimum atomic E-state index is -0.531. The molecule has 0 heterocycles. The molecule has 0 fully saturated rings. The van der Waals surface area contributed by atoms with E-state index in [9.17, 15) is 9.59 Å². The molecule has 0 aliphatic heterocycles. The average molecular weight is 318 g/mol. The van der Waals surface area contributed by atoms with Crippen LogP contribution < -0.4 is 5.32 Å². The monoisotopic (exact) mass is 318 g/mol. The lowest BCUT2D eigenvalue weighted by Crippen LogP contribution is -2.51. The Kier molecular flexibility index (Phi) is 6.37. The smallest absolute Gasteiger partial charge is 0.312 e. The Morgan fingerprint density at radius 2 is 1.61 bits per heavy atom. The molecule has 0 atom stereocenters. The standard InChI is InChI=1S/C19H30N2O2/c1-7-21(13-15-11-9-8-10-12-15)17(23)16(22)20-19(5,6)14-18(2,3)4/h8-12H,7,13-14H2,1-6H3,(H,20,22). The highest BCUT2D eigenvalue weighted by Gasteiger charge is 2.30. The third kappa shape index (κ3) is 6.85. The molecule has 0 saturated heterocycles. The van der Waals surface area contributed by atoms with Gasteiger partial charge in [-0.3, -0.25) is 9.59 Å². The second-order valence-corrected chi connectivity index (χ2v) is 7.88. The average Bonchev–Trinajstić information content (AvgIpc) is 2.41. The summed E-state index contributed by atoms with van der Waals surface area (Å²) in [6.07, 6.45) is 0.795. The van der Waals surface area contributed by atoms with E-state index in [1.165, 1.54) is 0 Å². The molecule has 23 heavy (non-hydrogen) atoms. The van der Waals surface area contributed by atoms with Gasteiger partial charge in [-0.1, -0.05) is 51.1 Å². The Morgan fingerprint density at radius 3 is 2.09 bits per heavy atom. The van der Waals surface area contributed by atoms with E-state index in [4.69, 9.17) is 0 Å². The predicted octanol–water partition coefficient (Wildman–Crippen LogP) is 3.37. The second kappa shape index (κ2) is 7.62. The molecule has 1 N–H and O–H groups in total. The van der Waals surface area contributed by atoms with Crippen molar-refractivity contribution < 1.29 is 9.59 Å². The van der Waals surface area contributed by atoms with E-state index in [1.807, 2.05) is 51.1 Å². The van der Waals surface area contributed by atoms with E-state index in [0.717, 1.165) is 12.0 Å². The number of nitrogens with one attached hydrogen (secondary N) is 1. The van der Waals surface area contributed by atoms with Crippen LogP contribution in [0, 0.1) is 5.41 Å². The Morgan fingerprint density at radius 1 is 1.04 bits per heavy atom. The van der Waals surface area contributed by atoms with Crippen LogP contribution in [-0.2, 0) is 16.1 Å². The van der Waals surface area contributed by atoms with Crippen LogP contribution in [0.5, 0.6) is 0 Å². The molecule has 0 radical (unpaired) electrons. The summed E-state index contributed by atoms with van der Waals surface area (Å²) in [5, 5.41) is 2.88. The van der Waals surface area contributed by atoms with E-state index < -0.39 is 17.4 Å². The highest BCUT2D eigenvalue weighted by Crippen LogP contribution is 2.26. The summed E-state index contributed by atoms with van der Waals surface area (Å²) in [5.74, 6) is -1.00. The van der Waals surface area contributed by atoms with Crippen LogP contribution in [0.4, 0.5) is 0 Å². The third-order valence-corrected chi connectivity index (χ3v) is 3.50. The van der Waals surface area contributed by atoms with Crippen LogP contribution in [0.3, 0.4) is 0 Å². The van der Waals surface area contributed by atoms with Crippen molar-refractivity contribution in [3.63, 3.8) is 0 Å². The summed E-state index contributed by atoms with van der Waals surface area (Å²) in [5.41, 5.74) is 0.676. The maximum atomic E-state index is 12.4. The predicted molar refractivity (Wildman–Crippen MR) is 93.8 cm³/mol. The fraction of sp³-hybridized carbons (Fsp3) is 0.579. The molecule has 4 nitrogen and oxygen atoms in total. The van der Waals surface area contributed by atoms with Gasteiger partial charge < -0.3 is 10.2 Å². The van der Waals surface area contributed by atoms with Crippen molar-refractivity contribution >= 4 is 11.8 Å². The van der Waals surface area contributed by atoms with Crippen LogP contribution in [0.15, 0.2) is 30.3 Å². The first kappa shape index (κ1) is 19.2. The Bertz CT molecular complexity index is 530. The molecule has 0 bridgehead atoms. The van der Waals surface area contributed by atoms with E-state index in [-0.39, 0.29) is 5.41 Å². The highest BCUT2D eigenvalue weighted by molar-refractivity contribution is 6.35. The molecule has 4 heteroatoms. The molecule has 0 spiro atoms. The van der Waals surface area contributed by atoms with Crippen molar-refractivity contribution in [2.24, 2.45) is 5.41 Å². The normalized spacial score (nSPS) is 11.9. The molecule has 0 aromatic heterocycles. The number of hydrogen-bond acceptors (Lipinski definition) is 2. The lowest BCUT2D eigenvalue weighted by molar-refractivity contribution is -0.147. The fourth-order valence-corrected chi connectivity index (χ4v) is 3.01. The largest absolute Gasteiger partial charge is 0.343 e. The van der Waals surface area contributed by atoms with Crippen molar-refractivity contribution in [2.45, 2.75) is 60.0 Å². The highest BCUT2D eigenvalue weighted by atomic mass is 16.2. The molecule has 0 unspecified atom stereocenters. The number of likely N-dealkylation sites (N-methyl/N-ethyl adjacent to an activating group) is 1. The molecular weight excluding hydrogens is 288 g/mol. The van der Waals surface area contributed by atoms with Gasteiger partial charge in [-0.2, -0.15) is 0 Å². The van der Waals surface area contributed by atoms with Gasteiger partial charge >= 0.3 is 11.8 Å². The zero-order valence-corrected chi connectivity index (χ0v) is 15.3. The Balaban J connectivity index is 2.72. The van der Waals surface area contributed by atoms with Gasteiger partial charge in [0.1, 0.15) is 0 Å². The van der Waals surface area contributed by atoms with Gasteiger partial charge in [0.15, 0.2) is 0 Å².